The predicted octanol–water partition coefficient (Wildman–Crippen LogP) is 5.03. The molecule has 0 spiro atoms. The van der Waals surface area contributed by atoms with Crippen LogP contribution in [0.15, 0.2) is 148 Å². The molecule has 0 unspecified atom stereocenters. The molecule has 0 radical (unpaired) electrons. The molecule has 1 N–H and O–H groups in total. The number of rotatable bonds is 13. The van der Waals surface area contributed by atoms with E-state index in [2.05, 4.69) is 14.6 Å². The summed E-state index contributed by atoms with van der Waals surface area (Å²) in [5.74, 6) is -1.88. The summed E-state index contributed by atoms with van der Waals surface area (Å²) in [6, 6.07) is 35.6. The van der Waals surface area contributed by atoms with Gasteiger partial charge in [-0.15, -0.1) is 0 Å². The Kier molecular flexibility index (Phi) is 13.1. The van der Waals surface area contributed by atoms with Crippen molar-refractivity contribution in [3.05, 3.63) is 167 Å². The molecule has 5 aromatic rings. The molecule has 0 bridgehead atoms. The van der Waals surface area contributed by atoms with Crippen LogP contribution in [0.1, 0.15) is 52.3 Å². The number of para-hydroxylation sites is 1. The van der Waals surface area contributed by atoms with Crippen LogP contribution in [0.5, 0.6) is 0 Å². The fraction of sp³-hybridized carbons (Fsp3) is 0.214. The zero-order valence-electron chi connectivity index (χ0n) is 29.4. The number of hydrogen-bond acceptors (Lipinski definition) is 8. The maximum atomic E-state index is 13.9. The number of aliphatic imine (C=N–C) groups is 2. The van der Waals surface area contributed by atoms with Gasteiger partial charge in [-0.3, -0.25) is 14.9 Å². The number of aryl methyl sites for hydroxylation is 2. The van der Waals surface area contributed by atoms with Gasteiger partial charge in [-0.25, -0.2) is 13.1 Å². The van der Waals surface area contributed by atoms with Gasteiger partial charge in [0.05, 0.1) is 28.3 Å². The van der Waals surface area contributed by atoms with Crippen LogP contribution in [-0.4, -0.2) is 49.5 Å². The molecule has 1 aliphatic rings. The number of nitrogens with one attached hydrogen (secondary N) is 1. The first-order valence-corrected chi connectivity index (χ1v) is 18.7. The van der Waals surface area contributed by atoms with Crippen molar-refractivity contribution in [3.63, 3.8) is 0 Å². The van der Waals surface area contributed by atoms with E-state index >= 15 is 0 Å². The summed E-state index contributed by atoms with van der Waals surface area (Å²) in [6.45, 7) is 5.12. The van der Waals surface area contributed by atoms with Crippen LogP contribution in [-0.2, 0) is 37.9 Å². The second-order valence-corrected chi connectivity index (χ2v) is 14.7. The van der Waals surface area contributed by atoms with Gasteiger partial charge in [0, 0.05) is 23.7 Å². The molecule has 1 fully saturated rings. The van der Waals surface area contributed by atoms with Crippen molar-refractivity contribution < 1.29 is 39.9 Å². The second-order valence-electron chi connectivity index (χ2n) is 13.0. The van der Waals surface area contributed by atoms with Gasteiger partial charge in [0.1, 0.15) is 6.04 Å². The minimum Gasteiger partial charge on any atom is -0.861 e. The van der Waals surface area contributed by atoms with E-state index in [4.69, 9.17) is 4.99 Å². The number of carboxylic acids is 1. The minimum absolute atomic E-state index is 0. The fourth-order valence-corrected chi connectivity index (χ4v) is 7.65. The Bertz CT molecular complexity index is 2160. The molecule has 0 amide bonds. The quantitative estimate of drug-likeness (QED) is 0.101. The Morgan fingerprint density at radius 3 is 2.04 bits per heavy atom. The van der Waals surface area contributed by atoms with Crippen molar-refractivity contribution >= 4 is 33.3 Å². The summed E-state index contributed by atoms with van der Waals surface area (Å²) in [5.41, 5.74) is 4.80. The predicted molar refractivity (Wildman–Crippen MR) is 200 cm³/mol. The van der Waals surface area contributed by atoms with Crippen molar-refractivity contribution in [2.75, 3.05) is 6.54 Å². The molecule has 6 rings (SSSR count). The smallest absolute Gasteiger partial charge is 0.861 e. The molecule has 53 heavy (non-hydrogen) atoms. The topological polar surface area (TPSA) is 137 Å². The zero-order valence-corrected chi connectivity index (χ0v) is 31.2. The van der Waals surface area contributed by atoms with E-state index in [-0.39, 0.29) is 33.0 Å². The van der Waals surface area contributed by atoms with E-state index in [0.29, 0.717) is 35.3 Å². The van der Waals surface area contributed by atoms with Crippen LogP contribution >= 0.6 is 0 Å². The van der Waals surface area contributed by atoms with E-state index in [1.165, 1.54) is 12.1 Å². The molecule has 1 heterocycles. The van der Waals surface area contributed by atoms with Gasteiger partial charge in [0.25, 0.3) is 0 Å². The van der Waals surface area contributed by atoms with E-state index in [9.17, 15) is 23.4 Å². The Balaban J connectivity index is 0.00000541. The van der Waals surface area contributed by atoms with Gasteiger partial charge in [0.15, 0.2) is 0 Å². The van der Waals surface area contributed by atoms with E-state index in [1.54, 1.807) is 84.9 Å². The summed E-state index contributed by atoms with van der Waals surface area (Å²) in [4.78, 5) is 24.7. The van der Waals surface area contributed by atoms with Gasteiger partial charge in [0.2, 0.25) is 10.0 Å². The molecule has 5 aromatic carbocycles. The summed E-state index contributed by atoms with van der Waals surface area (Å²) in [5, 5.41) is 27.0. The van der Waals surface area contributed by atoms with Crippen LogP contribution in [0.4, 0.5) is 5.69 Å². The maximum Gasteiger partial charge on any atom is 2.00 e. The van der Waals surface area contributed by atoms with Crippen molar-refractivity contribution in [1.82, 2.24) is 9.62 Å². The van der Waals surface area contributed by atoms with Gasteiger partial charge in [-0.1, -0.05) is 126 Å². The maximum absolute atomic E-state index is 13.9. The Hall–Kier alpha value is -4.93. The van der Waals surface area contributed by atoms with Gasteiger partial charge >= 0.3 is 16.5 Å². The van der Waals surface area contributed by atoms with Crippen molar-refractivity contribution in [1.29, 1.82) is 0 Å². The third kappa shape index (κ3) is 9.74. The number of sulfonamides is 1. The number of benzene rings is 5. The monoisotopic (exact) mass is 770 g/mol. The first-order chi connectivity index (χ1) is 25.1. The summed E-state index contributed by atoms with van der Waals surface area (Å²) < 4.78 is 30.1. The molecule has 9 nitrogen and oxygen atoms in total. The van der Waals surface area contributed by atoms with Crippen LogP contribution in [0.2, 0.25) is 0 Å². The number of hydrogen-bond donors (Lipinski definition) is 1. The number of likely N-dealkylation sites (tertiary alicyclic amines) is 1. The molecule has 274 valence electrons. The van der Waals surface area contributed by atoms with Crippen molar-refractivity contribution in [2.45, 2.75) is 56.3 Å². The minimum atomic E-state index is -4.22. The molecule has 0 aliphatic carbocycles. The van der Waals surface area contributed by atoms with E-state index < -0.39 is 34.1 Å². The largest absolute Gasteiger partial charge is 2.00 e. The molecule has 1 aliphatic heterocycles. The molecular formula is C42H40N4NiO5S. The molecule has 11 heteroatoms. The van der Waals surface area contributed by atoms with Gasteiger partial charge < -0.3 is 15.0 Å². The normalized spacial score (nSPS) is 16.5. The van der Waals surface area contributed by atoms with Crippen LogP contribution in [0.25, 0.3) is 0 Å². The molecule has 0 saturated carbocycles. The average Bonchev–Trinajstić information content (AvgIpc) is 3.61. The first kappa shape index (κ1) is 39.3. The Morgan fingerprint density at radius 1 is 0.811 bits per heavy atom. The standard InChI is InChI=1S/C42H42N4O5S.Ni/c1-29-19-23-33(24-20-29)39(45-52(50,51)34-25-21-30(2)22-26-34)40(42(48)49)44-38(32-14-7-4-8-15-32)35-16-9-10-17-36(35)43-41(47)37-18-11-27-46(37)28-31-12-5-3-6-13-31;/h3-10,12-17,19-26,37,39-40,45H,11,18,27-28H2,1-2H3,(H,43,47)(H,48,49);/q;+2/p-2/t37-,39+,40-;/m1./s1. The van der Waals surface area contributed by atoms with Crippen molar-refractivity contribution in [3.8, 4) is 0 Å². The Labute approximate surface area is 321 Å². The first-order valence-electron chi connectivity index (χ1n) is 17.2. The molecule has 1 saturated heterocycles. The zero-order chi connectivity index (χ0) is 36.7. The average molecular weight is 772 g/mol. The number of aliphatic carboxylic acids is 1. The molecule has 3 atom stereocenters. The van der Waals surface area contributed by atoms with Crippen molar-refractivity contribution in [2.24, 2.45) is 9.98 Å². The number of carbonyl (C=O) groups is 1. The second kappa shape index (κ2) is 17.7. The summed E-state index contributed by atoms with van der Waals surface area (Å²) in [6.07, 6.45) is 1.53. The third-order valence-electron chi connectivity index (χ3n) is 9.19. The number of carbonyl (C=O) groups excluding carboxylic acids is 1. The van der Waals surface area contributed by atoms with E-state index in [0.717, 1.165) is 29.7 Å². The summed E-state index contributed by atoms with van der Waals surface area (Å²) >= 11 is 0. The SMILES string of the molecule is Cc1ccc([C@H](NS(=O)(=O)c2ccc(C)cc2)[C@@H](N=C(c2ccccc2)c2ccccc2N=C([O-])[C@H]2CCCN2Cc2ccccc2)C(=O)[O-])cc1.[Ni+2]. The summed E-state index contributed by atoms with van der Waals surface area (Å²) in [7, 11) is -4.22. The van der Waals surface area contributed by atoms with E-state index in [1.807, 2.05) is 50.2 Å². The third-order valence-corrected chi connectivity index (χ3v) is 10.6. The van der Waals surface area contributed by atoms with Crippen LogP contribution < -0.4 is 14.9 Å². The number of carboxylic acid groups (broad SMARTS) is 1. The Morgan fingerprint density at radius 2 is 1.40 bits per heavy atom. The molecular weight excluding hydrogens is 731 g/mol. The number of nitrogens with zero attached hydrogens (tertiary/aromatic N) is 3. The van der Waals surface area contributed by atoms with Crippen LogP contribution in [0.3, 0.4) is 0 Å². The van der Waals surface area contributed by atoms with Gasteiger partial charge in [-0.2, -0.15) is 0 Å². The fourth-order valence-electron chi connectivity index (χ4n) is 6.42. The van der Waals surface area contributed by atoms with Gasteiger partial charge in [-0.05, 0) is 68.5 Å². The molecule has 0 aromatic heterocycles. The van der Waals surface area contributed by atoms with Crippen LogP contribution in [0, 0.1) is 13.8 Å².